The van der Waals surface area contributed by atoms with Gasteiger partial charge in [0.2, 0.25) is 0 Å². The standard InChI is InChI=1S/C24H31N5O/c1-15-8-16(2)10-18(9-15)13-28-12-17(3)21(14-28)22-26-23-20(24(30)27-22)11-25-29(23)19-6-4-5-7-19/h8-11,17,19,21H,4-7,12-14H2,1-3H3,(H,26,27,30)/t17-,21-/m1/s1. The first-order valence-electron chi connectivity index (χ1n) is 11.2. The first-order valence-corrected chi connectivity index (χ1v) is 11.2. The first kappa shape index (κ1) is 19.5. The van der Waals surface area contributed by atoms with E-state index in [1.54, 1.807) is 6.20 Å². The van der Waals surface area contributed by atoms with Crippen molar-refractivity contribution in [2.75, 3.05) is 13.1 Å². The van der Waals surface area contributed by atoms with Crippen molar-refractivity contribution in [2.45, 2.75) is 65.0 Å². The molecule has 1 saturated carbocycles. The van der Waals surface area contributed by atoms with E-state index in [0.29, 0.717) is 17.3 Å². The van der Waals surface area contributed by atoms with E-state index >= 15 is 0 Å². The zero-order chi connectivity index (χ0) is 20.8. The summed E-state index contributed by atoms with van der Waals surface area (Å²) in [6.07, 6.45) is 6.41. The van der Waals surface area contributed by atoms with E-state index in [0.717, 1.165) is 43.9 Å². The molecule has 1 aromatic carbocycles. The van der Waals surface area contributed by atoms with Crippen molar-refractivity contribution in [3.63, 3.8) is 0 Å². The minimum atomic E-state index is -0.0563. The van der Waals surface area contributed by atoms with Crippen LogP contribution in [-0.4, -0.2) is 37.7 Å². The van der Waals surface area contributed by atoms with Crippen LogP contribution in [0.4, 0.5) is 0 Å². The van der Waals surface area contributed by atoms with E-state index in [4.69, 9.17) is 4.98 Å². The largest absolute Gasteiger partial charge is 0.310 e. The molecule has 1 N–H and O–H groups in total. The molecule has 0 bridgehead atoms. The zero-order valence-electron chi connectivity index (χ0n) is 18.2. The number of hydrogen-bond donors (Lipinski definition) is 1. The lowest BCUT2D eigenvalue weighted by atomic mass is 9.97. The van der Waals surface area contributed by atoms with Gasteiger partial charge in [0.05, 0.1) is 12.2 Å². The summed E-state index contributed by atoms with van der Waals surface area (Å²) >= 11 is 0. The molecule has 1 aliphatic heterocycles. The fraction of sp³-hybridized carbons (Fsp3) is 0.542. The Balaban J connectivity index is 1.42. The highest BCUT2D eigenvalue weighted by Gasteiger charge is 2.33. The van der Waals surface area contributed by atoms with Crippen LogP contribution in [0.5, 0.6) is 0 Å². The van der Waals surface area contributed by atoms with Crippen LogP contribution in [0, 0.1) is 19.8 Å². The normalized spacial score (nSPS) is 23.0. The van der Waals surface area contributed by atoms with Gasteiger partial charge in [-0.2, -0.15) is 5.10 Å². The maximum atomic E-state index is 12.8. The molecule has 6 heteroatoms. The Kier molecular flexibility index (Phi) is 4.97. The van der Waals surface area contributed by atoms with Crippen molar-refractivity contribution in [1.82, 2.24) is 24.6 Å². The van der Waals surface area contributed by atoms with Gasteiger partial charge in [0.15, 0.2) is 5.65 Å². The number of aromatic amines is 1. The molecule has 0 radical (unpaired) electrons. The topological polar surface area (TPSA) is 66.8 Å². The molecular weight excluding hydrogens is 374 g/mol. The van der Waals surface area contributed by atoms with Gasteiger partial charge in [-0.05, 0) is 38.2 Å². The third-order valence-electron chi connectivity index (χ3n) is 6.88. The van der Waals surface area contributed by atoms with Crippen molar-refractivity contribution in [1.29, 1.82) is 0 Å². The molecular formula is C24H31N5O. The number of likely N-dealkylation sites (tertiary alicyclic amines) is 1. The number of aromatic nitrogens is 4. The minimum absolute atomic E-state index is 0.0563. The van der Waals surface area contributed by atoms with Crippen LogP contribution in [-0.2, 0) is 6.54 Å². The van der Waals surface area contributed by atoms with Crippen LogP contribution in [0.1, 0.15) is 67.1 Å². The molecule has 0 amide bonds. The van der Waals surface area contributed by atoms with Gasteiger partial charge >= 0.3 is 0 Å². The molecule has 2 aromatic heterocycles. The maximum Gasteiger partial charge on any atom is 0.262 e. The van der Waals surface area contributed by atoms with Crippen LogP contribution in [0.3, 0.4) is 0 Å². The summed E-state index contributed by atoms with van der Waals surface area (Å²) in [6, 6.07) is 7.15. The smallest absolute Gasteiger partial charge is 0.262 e. The van der Waals surface area contributed by atoms with Crippen LogP contribution in [0.25, 0.3) is 11.0 Å². The third kappa shape index (κ3) is 3.58. The highest BCUT2D eigenvalue weighted by molar-refractivity contribution is 5.73. The average Bonchev–Trinajstić information content (AvgIpc) is 3.40. The molecule has 1 saturated heterocycles. The van der Waals surface area contributed by atoms with E-state index in [9.17, 15) is 4.79 Å². The molecule has 2 fully saturated rings. The maximum absolute atomic E-state index is 12.8. The number of nitrogens with one attached hydrogen (secondary N) is 1. The lowest BCUT2D eigenvalue weighted by Gasteiger charge is -2.17. The minimum Gasteiger partial charge on any atom is -0.310 e. The van der Waals surface area contributed by atoms with Gasteiger partial charge < -0.3 is 4.98 Å². The average molecular weight is 406 g/mol. The molecule has 2 atom stereocenters. The summed E-state index contributed by atoms with van der Waals surface area (Å²) in [6.45, 7) is 9.45. The monoisotopic (exact) mass is 405 g/mol. The molecule has 3 aromatic rings. The van der Waals surface area contributed by atoms with Crippen molar-refractivity contribution >= 4 is 11.0 Å². The Bertz CT molecular complexity index is 1100. The Morgan fingerprint density at radius 2 is 1.83 bits per heavy atom. The predicted octanol–water partition coefficient (Wildman–Crippen LogP) is 4.09. The number of benzene rings is 1. The number of hydrogen-bond acceptors (Lipinski definition) is 4. The van der Waals surface area contributed by atoms with Gasteiger partial charge in [0.25, 0.3) is 5.56 Å². The van der Waals surface area contributed by atoms with E-state index < -0.39 is 0 Å². The first-order chi connectivity index (χ1) is 14.5. The number of fused-ring (bicyclic) bond motifs is 1. The summed E-state index contributed by atoms with van der Waals surface area (Å²) < 4.78 is 2.01. The van der Waals surface area contributed by atoms with Crippen LogP contribution in [0.15, 0.2) is 29.2 Å². The SMILES string of the molecule is Cc1cc(C)cc(CN2C[C@@H](C)[C@H](c3nc4c(cnn4C4CCCC4)c(=O)[nH]3)C2)c1. The fourth-order valence-corrected chi connectivity index (χ4v) is 5.52. The van der Waals surface area contributed by atoms with Crippen molar-refractivity contribution in [3.05, 3.63) is 57.3 Å². The predicted molar refractivity (Wildman–Crippen MR) is 119 cm³/mol. The lowest BCUT2D eigenvalue weighted by Crippen LogP contribution is -2.22. The van der Waals surface area contributed by atoms with Crippen molar-refractivity contribution in [3.8, 4) is 0 Å². The fourth-order valence-electron chi connectivity index (χ4n) is 5.52. The van der Waals surface area contributed by atoms with E-state index in [2.05, 4.69) is 54.0 Å². The Labute approximate surface area is 177 Å². The number of rotatable bonds is 4. The lowest BCUT2D eigenvalue weighted by molar-refractivity contribution is 0.318. The van der Waals surface area contributed by atoms with Gasteiger partial charge in [-0.3, -0.25) is 9.69 Å². The molecule has 0 spiro atoms. The summed E-state index contributed by atoms with van der Waals surface area (Å²) in [5.41, 5.74) is 4.69. The van der Waals surface area contributed by atoms with Crippen LogP contribution in [0.2, 0.25) is 0 Å². The summed E-state index contributed by atoms with van der Waals surface area (Å²) in [7, 11) is 0. The molecule has 6 nitrogen and oxygen atoms in total. The molecule has 0 unspecified atom stereocenters. The zero-order valence-corrected chi connectivity index (χ0v) is 18.2. The summed E-state index contributed by atoms with van der Waals surface area (Å²) in [5.74, 6) is 1.50. The van der Waals surface area contributed by atoms with Gasteiger partial charge in [0, 0.05) is 25.6 Å². The molecule has 5 rings (SSSR count). The van der Waals surface area contributed by atoms with Crippen molar-refractivity contribution in [2.24, 2.45) is 5.92 Å². The van der Waals surface area contributed by atoms with Crippen molar-refractivity contribution < 1.29 is 0 Å². The van der Waals surface area contributed by atoms with E-state index in [1.165, 1.54) is 29.5 Å². The second kappa shape index (κ2) is 7.65. The van der Waals surface area contributed by atoms with Gasteiger partial charge in [-0.15, -0.1) is 0 Å². The molecule has 3 heterocycles. The molecule has 30 heavy (non-hydrogen) atoms. The van der Waals surface area contributed by atoms with Gasteiger partial charge in [-0.25, -0.2) is 9.67 Å². The van der Waals surface area contributed by atoms with Gasteiger partial charge in [0.1, 0.15) is 11.2 Å². The highest BCUT2D eigenvalue weighted by Crippen LogP contribution is 2.33. The number of aryl methyl sites for hydroxylation is 2. The molecule has 2 aliphatic rings. The molecule has 1 aliphatic carbocycles. The molecule has 158 valence electrons. The highest BCUT2D eigenvalue weighted by atomic mass is 16.1. The van der Waals surface area contributed by atoms with Crippen LogP contribution >= 0.6 is 0 Å². The summed E-state index contributed by atoms with van der Waals surface area (Å²) in [5, 5.41) is 5.15. The number of H-pyrrole nitrogens is 1. The second-order valence-electron chi connectivity index (χ2n) is 9.49. The van der Waals surface area contributed by atoms with E-state index in [1.807, 2.05) is 4.68 Å². The Morgan fingerprint density at radius 1 is 1.10 bits per heavy atom. The van der Waals surface area contributed by atoms with E-state index in [-0.39, 0.29) is 11.5 Å². The summed E-state index contributed by atoms with van der Waals surface area (Å²) in [4.78, 5) is 23.3. The van der Waals surface area contributed by atoms with Crippen LogP contribution < -0.4 is 5.56 Å². The second-order valence-corrected chi connectivity index (χ2v) is 9.49. The quantitative estimate of drug-likeness (QED) is 0.710. The Morgan fingerprint density at radius 3 is 2.57 bits per heavy atom. The Hall–Kier alpha value is -2.47. The third-order valence-corrected chi connectivity index (χ3v) is 6.88. The number of nitrogens with zero attached hydrogens (tertiary/aromatic N) is 4. The van der Waals surface area contributed by atoms with Gasteiger partial charge in [-0.1, -0.05) is 49.1 Å².